The lowest BCUT2D eigenvalue weighted by atomic mass is 10.1. The SMILES string of the molecule is O=C(NCCC1CCNC1)c1cc(OCC(F)(F)F)ccc1[N+](=O)[O-]. The normalized spacial score (nSPS) is 17.3. The molecule has 138 valence electrons. The van der Waals surface area contributed by atoms with Gasteiger partial charge in [0.1, 0.15) is 11.3 Å². The number of benzene rings is 1. The lowest BCUT2D eigenvalue weighted by molar-refractivity contribution is -0.385. The van der Waals surface area contributed by atoms with Crippen LogP contribution >= 0.6 is 0 Å². The molecule has 0 saturated carbocycles. The topological polar surface area (TPSA) is 93.5 Å². The molecule has 1 atom stereocenters. The second kappa shape index (κ2) is 8.15. The maximum absolute atomic E-state index is 12.2. The number of halogens is 3. The molecule has 1 aromatic carbocycles. The molecule has 10 heteroatoms. The minimum atomic E-state index is -4.54. The van der Waals surface area contributed by atoms with Crippen molar-refractivity contribution in [2.75, 3.05) is 26.2 Å². The fourth-order valence-corrected chi connectivity index (χ4v) is 2.56. The first-order chi connectivity index (χ1) is 11.8. The van der Waals surface area contributed by atoms with E-state index in [-0.39, 0.29) is 11.3 Å². The van der Waals surface area contributed by atoms with Gasteiger partial charge < -0.3 is 15.4 Å². The molecule has 1 heterocycles. The number of amides is 1. The molecule has 0 bridgehead atoms. The maximum atomic E-state index is 12.2. The summed E-state index contributed by atoms with van der Waals surface area (Å²) in [5.41, 5.74) is -0.811. The lowest BCUT2D eigenvalue weighted by Gasteiger charge is -2.12. The maximum Gasteiger partial charge on any atom is 0.422 e. The molecule has 0 aliphatic carbocycles. The van der Waals surface area contributed by atoms with Crippen molar-refractivity contribution in [1.29, 1.82) is 0 Å². The minimum absolute atomic E-state index is 0.256. The number of alkyl halides is 3. The lowest BCUT2D eigenvalue weighted by Crippen LogP contribution is -2.27. The van der Waals surface area contributed by atoms with Crippen LogP contribution in [0.15, 0.2) is 18.2 Å². The fourth-order valence-electron chi connectivity index (χ4n) is 2.56. The van der Waals surface area contributed by atoms with Crippen LogP contribution in [-0.2, 0) is 0 Å². The number of nitro groups is 1. The molecular weight excluding hydrogens is 343 g/mol. The van der Waals surface area contributed by atoms with E-state index in [1.165, 1.54) is 0 Å². The van der Waals surface area contributed by atoms with Crippen molar-refractivity contribution in [2.24, 2.45) is 5.92 Å². The number of hydrogen-bond donors (Lipinski definition) is 2. The third-order valence-electron chi connectivity index (χ3n) is 3.81. The van der Waals surface area contributed by atoms with E-state index in [4.69, 9.17) is 0 Å². The monoisotopic (exact) mass is 361 g/mol. The number of carbonyl (C=O) groups is 1. The van der Waals surface area contributed by atoms with Crippen LogP contribution in [-0.4, -0.2) is 43.2 Å². The Labute approximate surface area is 141 Å². The molecule has 0 aromatic heterocycles. The van der Waals surface area contributed by atoms with Gasteiger partial charge in [0.25, 0.3) is 11.6 Å². The zero-order valence-electron chi connectivity index (χ0n) is 13.3. The standard InChI is InChI=1S/C15H18F3N3O4/c16-15(17,18)9-25-11-1-2-13(21(23)24)12(7-11)14(22)20-6-4-10-3-5-19-8-10/h1-2,7,10,19H,3-6,8-9H2,(H,20,22). The molecule has 25 heavy (non-hydrogen) atoms. The quantitative estimate of drug-likeness (QED) is 0.574. The zero-order valence-corrected chi connectivity index (χ0v) is 13.3. The highest BCUT2D eigenvalue weighted by Gasteiger charge is 2.29. The Morgan fingerprint density at radius 2 is 2.20 bits per heavy atom. The number of nitrogens with zero attached hydrogens (tertiary/aromatic N) is 1. The number of ether oxygens (including phenoxy) is 1. The predicted molar refractivity (Wildman–Crippen MR) is 82.6 cm³/mol. The van der Waals surface area contributed by atoms with Gasteiger partial charge in [0.15, 0.2) is 6.61 Å². The van der Waals surface area contributed by atoms with Crippen molar-refractivity contribution in [2.45, 2.75) is 19.0 Å². The number of rotatable bonds is 7. The largest absolute Gasteiger partial charge is 0.484 e. The van der Waals surface area contributed by atoms with Gasteiger partial charge in [-0.3, -0.25) is 14.9 Å². The number of nitrogens with one attached hydrogen (secondary N) is 2. The van der Waals surface area contributed by atoms with E-state index < -0.39 is 29.3 Å². The van der Waals surface area contributed by atoms with Crippen LogP contribution in [0.4, 0.5) is 18.9 Å². The number of carbonyl (C=O) groups excluding carboxylic acids is 1. The molecule has 0 spiro atoms. The Kier molecular flexibility index (Phi) is 6.18. The summed E-state index contributed by atoms with van der Waals surface area (Å²) >= 11 is 0. The van der Waals surface area contributed by atoms with Crippen molar-refractivity contribution >= 4 is 11.6 Å². The minimum Gasteiger partial charge on any atom is -0.484 e. The van der Waals surface area contributed by atoms with E-state index >= 15 is 0 Å². The summed E-state index contributed by atoms with van der Waals surface area (Å²) in [6.45, 7) is 0.565. The highest BCUT2D eigenvalue weighted by molar-refractivity contribution is 5.98. The highest BCUT2D eigenvalue weighted by atomic mass is 19.4. The number of nitro benzene ring substituents is 1. The second-order valence-electron chi connectivity index (χ2n) is 5.74. The van der Waals surface area contributed by atoms with Crippen LogP contribution < -0.4 is 15.4 Å². The number of hydrogen-bond acceptors (Lipinski definition) is 5. The third-order valence-corrected chi connectivity index (χ3v) is 3.81. The summed E-state index contributed by atoms with van der Waals surface area (Å²) < 4.78 is 41.2. The summed E-state index contributed by atoms with van der Waals surface area (Å²) in [6, 6.07) is 2.95. The van der Waals surface area contributed by atoms with Gasteiger partial charge in [0.05, 0.1) is 4.92 Å². The molecule has 1 saturated heterocycles. The second-order valence-corrected chi connectivity index (χ2v) is 5.74. The fraction of sp³-hybridized carbons (Fsp3) is 0.533. The van der Waals surface area contributed by atoms with Crippen LogP contribution in [0, 0.1) is 16.0 Å². The van der Waals surface area contributed by atoms with Gasteiger partial charge in [0.2, 0.25) is 0 Å². The van der Waals surface area contributed by atoms with Gasteiger partial charge in [0, 0.05) is 12.6 Å². The molecule has 0 radical (unpaired) electrons. The molecule has 1 unspecified atom stereocenters. The Bertz CT molecular complexity index is 631. The summed E-state index contributed by atoms with van der Waals surface area (Å²) in [5, 5.41) is 16.8. The first-order valence-electron chi connectivity index (χ1n) is 7.73. The van der Waals surface area contributed by atoms with Crippen LogP contribution in [0.2, 0.25) is 0 Å². The van der Waals surface area contributed by atoms with Gasteiger partial charge in [-0.2, -0.15) is 13.2 Å². The van der Waals surface area contributed by atoms with E-state index in [1.54, 1.807) is 0 Å². The van der Waals surface area contributed by atoms with E-state index in [2.05, 4.69) is 15.4 Å². The highest BCUT2D eigenvalue weighted by Crippen LogP contribution is 2.26. The van der Waals surface area contributed by atoms with E-state index in [1.807, 2.05) is 0 Å². The molecule has 1 aromatic rings. The van der Waals surface area contributed by atoms with Gasteiger partial charge >= 0.3 is 6.18 Å². The van der Waals surface area contributed by atoms with Crippen LogP contribution in [0.3, 0.4) is 0 Å². The zero-order chi connectivity index (χ0) is 18.4. The van der Waals surface area contributed by atoms with Crippen LogP contribution in [0.1, 0.15) is 23.2 Å². The Morgan fingerprint density at radius 3 is 2.80 bits per heavy atom. The Balaban J connectivity index is 2.03. The molecule has 2 N–H and O–H groups in total. The van der Waals surface area contributed by atoms with Crippen molar-refractivity contribution in [3.63, 3.8) is 0 Å². The van der Waals surface area contributed by atoms with E-state index in [0.29, 0.717) is 12.5 Å². The van der Waals surface area contributed by atoms with Crippen molar-refractivity contribution in [3.05, 3.63) is 33.9 Å². The third kappa shape index (κ3) is 5.89. The average molecular weight is 361 g/mol. The van der Waals surface area contributed by atoms with E-state index in [9.17, 15) is 28.1 Å². The van der Waals surface area contributed by atoms with Gasteiger partial charge in [-0.25, -0.2) is 0 Å². The smallest absolute Gasteiger partial charge is 0.422 e. The Morgan fingerprint density at radius 1 is 1.44 bits per heavy atom. The molecule has 1 fully saturated rings. The van der Waals surface area contributed by atoms with E-state index in [0.717, 1.165) is 44.1 Å². The van der Waals surface area contributed by atoms with Crippen LogP contribution in [0.5, 0.6) is 5.75 Å². The van der Waals surface area contributed by atoms with Gasteiger partial charge in [-0.1, -0.05) is 0 Å². The predicted octanol–water partition coefficient (Wildman–Crippen LogP) is 2.27. The summed E-state index contributed by atoms with van der Waals surface area (Å²) in [7, 11) is 0. The van der Waals surface area contributed by atoms with Crippen molar-refractivity contribution in [3.8, 4) is 5.75 Å². The molecular formula is C15H18F3N3O4. The molecule has 1 aliphatic rings. The van der Waals surface area contributed by atoms with Gasteiger partial charge in [-0.15, -0.1) is 0 Å². The molecule has 1 amide bonds. The van der Waals surface area contributed by atoms with Gasteiger partial charge in [-0.05, 0) is 44.0 Å². The summed E-state index contributed by atoms with van der Waals surface area (Å²) in [5.74, 6) is -0.542. The average Bonchev–Trinajstić information content (AvgIpc) is 3.05. The Hall–Kier alpha value is -2.36. The molecule has 7 nitrogen and oxygen atoms in total. The van der Waals surface area contributed by atoms with Crippen LogP contribution in [0.25, 0.3) is 0 Å². The molecule has 1 aliphatic heterocycles. The van der Waals surface area contributed by atoms with Crippen molar-refractivity contribution < 1.29 is 27.6 Å². The first kappa shape index (κ1) is 19.0. The van der Waals surface area contributed by atoms with Crippen molar-refractivity contribution in [1.82, 2.24) is 10.6 Å². The summed E-state index contributed by atoms with van der Waals surface area (Å²) in [4.78, 5) is 22.5. The summed E-state index contributed by atoms with van der Waals surface area (Å²) in [6.07, 6.45) is -2.83. The first-order valence-corrected chi connectivity index (χ1v) is 7.73. The molecule has 2 rings (SSSR count).